The van der Waals surface area contributed by atoms with E-state index in [4.69, 9.17) is 0 Å². The third-order valence-corrected chi connectivity index (χ3v) is 8.66. The SMILES string of the molecule is O=C(CCC1CCCCC1)N1CCC2(CC1)CC2C(=O)N1CCN(c2ccccn2)CC1. The number of piperazine rings is 1. The molecule has 6 heteroatoms. The first-order valence-electron chi connectivity index (χ1n) is 12.9. The van der Waals surface area contributed by atoms with Crippen LogP contribution in [-0.2, 0) is 9.59 Å². The molecule has 174 valence electrons. The highest BCUT2D eigenvalue weighted by atomic mass is 16.2. The molecule has 32 heavy (non-hydrogen) atoms. The van der Waals surface area contributed by atoms with Crippen LogP contribution in [0, 0.1) is 17.3 Å². The van der Waals surface area contributed by atoms with Gasteiger partial charge in [-0.25, -0.2) is 4.98 Å². The highest BCUT2D eigenvalue weighted by Gasteiger charge is 2.59. The minimum atomic E-state index is 0.176. The van der Waals surface area contributed by atoms with E-state index in [-0.39, 0.29) is 11.3 Å². The second kappa shape index (κ2) is 9.40. The molecule has 0 aromatic carbocycles. The lowest BCUT2D eigenvalue weighted by Crippen LogP contribution is -2.50. The number of piperidine rings is 1. The van der Waals surface area contributed by atoms with Crippen LogP contribution in [0.3, 0.4) is 0 Å². The molecule has 6 nitrogen and oxygen atoms in total. The number of carbonyl (C=O) groups is 2. The third kappa shape index (κ3) is 4.65. The van der Waals surface area contributed by atoms with Gasteiger partial charge in [-0.2, -0.15) is 0 Å². The average Bonchev–Trinajstić information content (AvgIpc) is 3.56. The molecule has 1 spiro atoms. The average molecular weight is 439 g/mol. The van der Waals surface area contributed by atoms with Crippen LogP contribution in [0.2, 0.25) is 0 Å². The number of anilines is 1. The molecule has 4 aliphatic rings. The Hall–Kier alpha value is -2.11. The van der Waals surface area contributed by atoms with Crippen LogP contribution in [0.25, 0.3) is 0 Å². The van der Waals surface area contributed by atoms with E-state index in [1.165, 1.54) is 32.1 Å². The number of pyridine rings is 1. The molecular formula is C26H38N4O2. The summed E-state index contributed by atoms with van der Waals surface area (Å²) in [5.74, 6) is 2.65. The Kier molecular flexibility index (Phi) is 6.38. The first-order valence-corrected chi connectivity index (χ1v) is 12.9. The van der Waals surface area contributed by atoms with Crippen molar-refractivity contribution in [2.75, 3.05) is 44.2 Å². The first-order chi connectivity index (χ1) is 15.6. The number of carbonyl (C=O) groups excluding carboxylic acids is 2. The third-order valence-electron chi connectivity index (χ3n) is 8.66. The van der Waals surface area contributed by atoms with Gasteiger partial charge < -0.3 is 14.7 Å². The smallest absolute Gasteiger partial charge is 0.226 e. The van der Waals surface area contributed by atoms with Crippen LogP contribution in [0.5, 0.6) is 0 Å². The zero-order chi connectivity index (χ0) is 22.0. The molecule has 2 amide bonds. The summed E-state index contributed by atoms with van der Waals surface area (Å²) in [5, 5.41) is 0. The van der Waals surface area contributed by atoms with E-state index in [2.05, 4.69) is 19.7 Å². The molecule has 0 radical (unpaired) electrons. The number of rotatable bonds is 5. The predicted octanol–water partition coefficient (Wildman–Crippen LogP) is 3.72. The molecule has 2 saturated carbocycles. The second-order valence-corrected chi connectivity index (χ2v) is 10.5. The van der Waals surface area contributed by atoms with E-state index < -0.39 is 0 Å². The Bertz CT molecular complexity index is 791. The quantitative estimate of drug-likeness (QED) is 0.703. The van der Waals surface area contributed by atoms with Crippen molar-refractivity contribution in [3.05, 3.63) is 24.4 Å². The molecule has 1 atom stereocenters. The Morgan fingerprint density at radius 1 is 0.938 bits per heavy atom. The summed E-state index contributed by atoms with van der Waals surface area (Å²) in [6, 6.07) is 5.99. The van der Waals surface area contributed by atoms with E-state index >= 15 is 0 Å². The monoisotopic (exact) mass is 438 g/mol. The summed E-state index contributed by atoms with van der Waals surface area (Å²) < 4.78 is 0. The fourth-order valence-electron chi connectivity index (χ4n) is 6.33. The largest absolute Gasteiger partial charge is 0.353 e. The van der Waals surface area contributed by atoms with Crippen LogP contribution < -0.4 is 4.90 Å². The van der Waals surface area contributed by atoms with Crippen molar-refractivity contribution in [1.29, 1.82) is 0 Å². The Morgan fingerprint density at radius 2 is 1.69 bits per heavy atom. The summed E-state index contributed by atoms with van der Waals surface area (Å²) in [6.45, 7) is 4.97. The van der Waals surface area contributed by atoms with Gasteiger partial charge in [-0.05, 0) is 49.1 Å². The van der Waals surface area contributed by atoms with Gasteiger partial charge in [0.25, 0.3) is 0 Å². The predicted molar refractivity (Wildman–Crippen MR) is 125 cm³/mol. The van der Waals surface area contributed by atoms with Crippen LogP contribution in [0.4, 0.5) is 5.82 Å². The zero-order valence-corrected chi connectivity index (χ0v) is 19.4. The van der Waals surface area contributed by atoms with Gasteiger partial charge in [0.1, 0.15) is 5.82 Å². The first kappa shape index (κ1) is 21.7. The molecule has 3 heterocycles. The molecule has 2 aliphatic carbocycles. The van der Waals surface area contributed by atoms with Gasteiger partial charge in [-0.1, -0.05) is 38.2 Å². The van der Waals surface area contributed by atoms with Crippen molar-refractivity contribution >= 4 is 17.6 Å². The van der Waals surface area contributed by atoms with Crippen LogP contribution >= 0.6 is 0 Å². The van der Waals surface area contributed by atoms with Gasteiger partial charge in [0.15, 0.2) is 0 Å². The van der Waals surface area contributed by atoms with Gasteiger partial charge in [-0.3, -0.25) is 9.59 Å². The van der Waals surface area contributed by atoms with Crippen LogP contribution in [-0.4, -0.2) is 65.9 Å². The minimum Gasteiger partial charge on any atom is -0.353 e. The van der Waals surface area contributed by atoms with Crippen molar-refractivity contribution < 1.29 is 9.59 Å². The number of likely N-dealkylation sites (tertiary alicyclic amines) is 1. The Morgan fingerprint density at radius 3 is 2.38 bits per heavy atom. The van der Waals surface area contributed by atoms with Crippen molar-refractivity contribution in [2.24, 2.45) is 17.3 Å². The number of amides is 2. The van der Waals surface area contributed by atoms with E-state index in [0.717, 1.165) is 83.1 Å². The molecule has 0 N–H and O–H groups in total. The maximum atomic E-state index is 13.2. The standard InChI is InChI=1S/C26H38N4O2/c31-24(10-9-21-6-2-1-3-7-21)29-14-11-26(12-15-29)20-22(26)25(32)30-18-16-28(17-19-30)23-8-4-5-13-27-23/h4-5,8,13,21-22H,1-3,6-7,9-12,14-20H2. The molecule has 1 aromatic heterocycles. The maximum Gasteiger partial charge on any atom is 0.226 e. The summed E-state index contributed by atoms with van der Waals surface area (Å²) in [7, 11) is 0. The lowest BCUT2D eigenvalue weighted by Gasteiger charge is -2.37. The van der Waals surface area contributed by atoms with E-state index in [1.54, 1.807) is 0 Å². The van der Waals surface area contributed by atoms with Gasteiger partial charge in [-0.15, -0.1) is 0 Å². The van der Waals surface area contributed by atoms with E-state index in [1.807, 2.05) is 24.4 Å². The van der Waals surface area contributed by atoms with Gasteiger partial charge in [0.05, 0.1) is 0 Å². The molecule has 1 aromatic rings. The summed E-state index contributed by atoms with van der Waals surface area (Å²) >= 11 is 0. The number of hydrogen-bond donors (Lipinski definition) is 0. The van der Waals surface area contributed by atoms with E-state index in [0.29, 0.717) is 11.8 Å². The number of aromatic nitrogens is 1. The fourth-order valence-corrected chi connectivity index (χ4v) is 6.33. The molecule has 4 fully saturated rings. The minimum absolute atomic E-state index is 0.176. The maximum absolute atomic E-state index is 13.2. The molecule has 5 rings (SSSR count). The zero-order valence-electron chi connectivity index (χ0n) is 19.4. The van der Waals surface area contributed by atoms with Crippen molar-refractivity contribution in [3.63, 3.8) is 0 Å². The molecule has 2 saturated heterocycles. The fraction of sp³-hybridized carbons (Fsp3) is 0.731. The molecule has 2 aliphatic heterocycles. The highest BCUT2D eigenvalue weighted by Crippen LogP contribution is 2.60. The topological polar surface area (TPSA) is 56.8 Å². The van der Waals surface area contributed by atoms with Crippen molar-refractivity contribution in [2.45, 2.75) is 64.2 Å². The van der Waals surface area contributed by atoms with Gasteiger partial charge in [0.2, 0.25) is 11.8 Å². The normalized spacial score (nSPS) is 25.8. The van der Waals surface area contributed by atoms with Crippen LogP contribution in [0.15, 0.2) is 24.4 Å². The molecular weight excluding hydrogens is 400 g/mol. The van der Waals surface area contributed by atoms with Gasteiger partial charge >= 0.3 is 0 Å². The lowest BCUT2D eigenvalue weighted by molar-refractivity contribution is -0.135. The lowest BCUT2D eigenvalue weighted by atomic mass is 9.85. The number of nitrogens with zero attached hydrogens (tertiary/aromatic N) is 4. The Labute approximate surface area is 192 Å². The Balaban J connectivity index is 1.05. The summed E-state index contributed by atoms with van der Waals surface area (Å²) in [5.41, 5.74) is 0.176. The molecule has 1 unspecified atom stereocenters. The van der Waals surface area contributed by atoms with Crippen LogP contribution in [0.1, 0.15) is 64.2 Å². The highest BCUT2D eigenvalue weighted by molar-refractivity contribution is 5.83. The van der Waals surface area contributed by atoms with E-state index in [9.17, 15) is 9.59 Å². The molecule has 0 bridgehead atoms. The second-order valence-electron chi connectivity index (χ2n) is 10.5. The number of hydrogen-bond acceptors (Lipinski definition) is 4. The van der Waals surface area contributed by atoms with Gasteiger partial charge in [0, 0.05) is 57.8 Å². The summed E-state index contributed by atoms with van der Waals surface area (Å²) in [6.07, 6.45) is 13.4. The van der Waals surface area contributed by atoms with Crippen molar-refractivity contribution in [1.82, 2.24) is 14.8 Å². The van der Waals surface area contributed by atoms with Crippen molar-refractivity contribution in [3.8, 4) is 0 Å². The summed E-state index contributed by atoms with van der Waals surface area (Å²) in [4.78, 5) is 36.8.